The van der Waals surface area contributed by atoms with Crippen molar-refractivity contribution in [2.24, 2.45) is 5.92 Å². The molecule has 1 atom stereocenters. The molecule has 2 heterocycles. The van der Waals surface area contributed by atoms with Gasteiger partial charge in [-0.1, -0.05) is 25.0 Å². The number of imidazole rings is 1. The number of aliphatic carboxylic acids is 1. The van der Waals surface area contributed by atoms with E-state index in [0.29, 0.717) is 18.2 Å². The number of benzene rings is 1. The largest absolute Gasteiger partial charge is 0.481 e. The Bertz CT molecular complexity index is 1090. The summed E-state index contributed by atoms with van der Waals surface area (Å²) in [7, 11) is 0. The van der Waals surface area contributed by atoms with E-state index in [1.807, 2.05) is 24.3 Å². The fraction of sp³-hybridized carbons (Fsp3) is 0.391. The molecule has 0 radical (unpaired) electrons. The second-order valence-corrected chi connectivity index (χ2v) is 8.29. The quantitative estimate of drug-likeness (QED) is 0.405. The first-order valence-electron chi connectivity index (χ1n) is 11.1. The summed E-state index contributed by atoms with van der Waals surface area (Å²) >= 11 is 0. The van der Waals surface area contributed by atoms with Crippen LogP contribution in [0.4, 0.5) is 24.5 Å². The molecule has 2 aromatic heterocycles. The van der Waals surface area contributed by atoms with Crippen LogP contribution in [-0.2, 0) is 11.0 Å². The summed E-state index contributed by atoms with van der Waals surface area (Å²) in [5, 5.41) is 15.4. The zero-order chi connectivity index (χ0) is 24.1. The van der Waals surface area contributed by atoms with E-state index in [0.717, 1.165) is 54.0 Å². The van der Waals surface area contributed by atoms with Gasteiger partial charge in [0.2, 0.25) is 5.95 Å². The van der Waals surface area contributed by atoms with Gasteiger partial charge in [-0.3, -0.25) is 9.36 Å². The fourth-order valence-electron chi connectivity index (χ4n) is 4.17. The van der Waals surface area contributed by atoms with Gasteiger partial charge in [-0.05, 0) is 36.5 Å². The average molecular weight is 474 g/mol. The molecule has 34 heavy (non-hydrogen) atoms. The lowest BCUT2D eigenvalue weighted by atomic mass is 9.91. The van der Waals surface area contributed by atoms with Crippen LogP contribution in [0.1, 0.15) is 49.4 Å². The van der Waals surface area contributed by atoms with Gasteiger partial charge in [0.25, 0.3) is 0 Å². The summed E-state index contributed by atoms with van der Waals surface area (Å²) in [5.74, 6) is -0.326. The van der Waals surface area contributed by atoms with Gasteiger partial charge < -0.3 is 15.7 Å². The highest BCUT2D eigenvalue weighted by Gasteiger charge is 2.33. The van der Waals surface area contributed by atoms with Crippen LogP contribution in [0.3, 0.4) is 0 Å². The minimum absolute atomic E-state index is 0.0232. The van der Waals surface area contributed by atoms with E-state index >= 15 is 0 Å². The monoisotopic (exact) mass is 474 g/mol. The molecule has 1 fully saturated rings. The zero-order valence-electron chi connectivity index (χ0n) is 18.3. The molecule has 0 bridgehead atoms. The molecule has 0 saturated heterocycles. The summed E-state index contributed by atoms with van der Waals surface area (Å²) in [4.78, 5) is 22.5. The van der Waals surface area contributed by atoms with Crippen molar-refractivity contribution >= 4 is 17.3 Å². The topological polar surface area (TPSA) is 105 Å². The smallest absolute Gasteiger partial charge is 0.434 e. The first-order chi connectivity index (χ1) is 16.3. The molecule has 8 nitrogen and oxygen atoms in total. The van der Waals surface area contributed by atoms with Crippen molar-refractivity contribution in [2.75, 3.05) is 17.2 Å². The normalized spacial score (nSPS) is 15.3. The molecule has 4 rings (SSSR count). The third-order valence-electron chi connectivity index (χ3n) is 5.87. The number of carboxylic acid groups (broad SMARTS) is 1. The molecule has 1 aromatic carbocycles. The van der Waals surface area contributed by atoms with Gasteiger partial charge in [0.15, 0.2) is 5.69 Å². The molecule has 3 N–H and O–H groups in total. The fourth-order valence-corrected chi connectivity index (χ4v) is 4.17. The van der Waals surface area contributed by atoms with Gasteiger partial charge in [-0.2, -0.15) is 13.2 Å². The van der Waals surface area contributed by atoms with Crippen molar-refractivity contribution in [3.8, 4) is 5.95 Å². The van der Waals surface area contributed by atoms with E-state index in [2.05, 4.69) is 25.6 Å². The Balaban J connectivity index is 1.47. The third-order valence-corrected chi connectivity index (χ3v) is 5.87. The molecule has 0 amide bonds. The molecule has 11 heteroatoms. The molecule has 180 valence electrons. The third kappa shape index (κ3) is 5.83. The molecular formula is C23H25F3N6O2. The minimum atomic E-state index is -4.53. The number of nitrogens with one attached hydrogen (secondary N) is 2. The van der Waals surface area contributed by atoms with E-state index in [-0.39, 0.29) is 18.4 Å². The molecule has 1 unspecified atom stereocenters. The Kier molecular flexibility index (Phi) is 6.99. The Morgan fingerprint density at radius 3 is 2.35 bits per heavy atom. The second kappa shape index (κ2) is 10.1. The number of alkyl halides is 3. The first-order valence-corrected chi connectivity index (χ1v) is 11.1. The maximum atomic E-state index is 12.8. The summed E-state index contributed by atoms with van der Waals surface area (Å²) in [6.07, 6.45) is 5.02. The number of nitrogens with zero attached hydrogens (tertiary/aromatic N) is 4. The van der Waals surface area contributed by atoms with Crippen molar-refractivity contribution in [1.29, 1.82) is 0 Å². The molecule has 1 saturated carbocycles. The number of hydrogen-bond donors (Lipinski definition) is 3. The molecule has 1 aliphatic rings. The Morgan fingerprint density at radius 2 is 1.76 bits per heavy atom. The van der Waals surface area contributed by atoms with Crippen molar-refractivity contribution in [3.63, 3.8) is 0 Å². The zero-order valence-corrected chi connectivity index (χ0v) is 18.3. The number of anilines is 2. The summed E-state index contributed by atoms with van der Waals surface area (Å²) in [6, 6.07) is 7.90. The molecule has 1 aliphatic carbocycles. The number of halogens is 3. The number of aromatic nitrogens is 4. The number of carbonyl (C=O) groups is 1. The number of carboxylic acids is 1. The Morgan fingerprint density at radius 1 is 1.09 bits per heavy atom. The standard InChI is InChI=1S/C23H25F3N6O2/c24-23(25,26)19-13-32(14-30-19)22-28-11-18(12-29-22)31-21(15-3-1-2-4-15)16-5-7-17(8-6-16)27-10-9-20(33)34/h5-8,11-15,21,27,31H,1-4,9-10H2,(H,33,34). The van der Waals surface area contributed by atoms with Crippen LogP contribution in [0.15, 0.2) is 49.2 Å². The van der Waals surface area contributed by atoms with Crippen LogP contribution in [0.25, 0.3) is 5.95 Å². The summed E-state index contributed by atoms with van der Waals surface area (Å²) in [6.45, 7) is 0.351. The van der Waals surface area contributed by atoms with Crippen molar-refractivity contribution in [3.05, 3.63) is 60.4 Å². The van der Waals surface area contributed by atoms with E-state index in [4.69, 9.17) is 5.11 Å². The Hall–Kier alpha value is -3.63. The van der Waals surface area contributed by atoms with Crippen LogP contribution >= 0.6 is 0 Å². The summed E-state index contributed by atoms with van der Waals surface area (Å²) < 4.78 is 39.5. The molecule has 0 spiro atoms. The summed E-state index contributed by atoms with van der Waals surface area (Å²) in [5.41, 5.74) is 1.60. The van der Waals surface area contributed by atoms with Crippen molar-refractivity contribution < 1.29 is 23.1 Å². The van der Waals surface area contributed by atoms with Crippen molar-refractivity contribution in [2.45, 2.75) is 44.3 Å². The minimum Gasteiger partial charge on any atom is -0.481 e. The van der Waals surface area contributed by atoms with Gasteiger partial charge in [0.05, 0.1) is 30.5 Å². The van der Waals surface area contributed by atoms with E-state index < -0.39 is 17.8 Å². The highest BCUT2D eigenvalue weighted by molar-refractivity contribution is 5.67. The van der Waals surface area contributed by atoms with E-state index in [9.17, 15) is 18.0 Å². The van der Waals surface area contributed by atoms with Crippen LogP contribution in [0.5, 0.6) is 0 Å². The SMILES string of the molecule is O=C(O)CCNc1ccc(C(Nc2cnc(-n3cnc(C(F)(F)F)c3)nc2)C2CCCC2)cc1. The lowest BCUT2D eigenvalue weighted by Gasteiger charge is -2.26. The number of rotatable bonds is 9. The van der Waals surface area contributed by atoms with E-state index in [1.165, 1.54) is 0 Å². The van der Waals surface area contributed by atoms with Crippen LogP contribution in [-0.4, -0.2) is 37.1 Å². The molecular weight excluding hydrogens is 449 g/mol. The first kappa shape index (κ1) is 23.5. The predicted molar refractivity (Wildman–Crippen MR) is 120 cm³/mol. The van der Waals surface area contributed by atoms with E-state index in [1.54, 1.807) is 12.4 Å². The van der Waals surface area contributed by atoms with Gasteiger partial charge in [-0.25, -0.2) is 15.0 Å². The number of hydrogen-bond acceptors (Lipinski definition) is 6. The molecule has 3 aromatic rings. The van der Waals surface area contributed by atoms with Gasteiger partial charge >= 0.3 is 12.1 Å². The maximum absolute atomic E-state index is 12.8. The van der Waals surface area contributed by atoms with Crippen LogP contribution in [0, 0.1) is 5.92 Å². The maximum Gasteiger partial charge on any atom is 0.434 e. The van der Waals surface area contributed by atoms with Gasteiger partial charge in [-0.15, -0.1) is 0 Å². The van der Waals surface area contributed by atoms with Crippen molar-refractivity contribution in [1.82, 2.24) is 19.5 Å². The lowest BCUT2D eigenvalue weighted by molar-refractivity contribution is -0.141. The lowest BCUT2D eigenvalue weighted by Crippen LogP contribution is -2.19. The Labute approximate surface area is 194 Å². The second-order valence-electron chi connectivity index (χ2n) is 8.29. The highest BCUT2D eigenvalue weighted by Crippen LogP contribution is 2.38. The van der Waals surface area contributed by atoms with Gasteiger partial charge in [0, 0.05) is 18.4 Å². The predicted octanol–water partition coefficient (Wildman–Crippen LogP) is 4.91. The van der Waals surface area contributed by atoms with Gasteiger partial charge in [0.1, 0.15) is 6.33 Å². The van der Waals surface area contributed by atoms with Crippen LogP contribution < -0.4 is 10.6 Å². The molecule has 0 aliphatic heterocycles. The van der Waals surface area contributed by atoms with Crippen LogP contribution in [0.2, 0.25) is 0 Å². The highest BCUT2D eigenvalue weighted by atomic mass is 19.4. The average Bonchev–Trinajstić information content (AvgIpc) is 3.51.